The molecule has 0 saturated heterocycles. The summed E-state index contributed by atoms with van der Waals surface area (Å²) < 4.78 is 28.4. The predicted molar refractivity (Wildman–Crippen MR) is 131 cm³/mol. The van der Waals surface area contributed by atoms with Crippen molar-refractivity contribution >= 4 is 33.0 Å². The highest BCUT2D eigenvalue weighted by atomic mass is 32.2. The Morgan fingerprint density at radius 2 is 1.70 bits per heavy atom. The molecule has 33 heavy (non-hydrogen) atoms. The number of nitrogens with one attached hydrogen (secondary N) is 1. The van der Waals surface area contributed by atoms with Crippen LogP contribution in [0.2, 0.25) is 0 Å². The van der Waals surface area contributed by atoms with Crippen LogP contribution in [0.1, 0.15) is 24.3 Å². The molecule has 0 radical (unpaired) electrons. The molecule has 7 nitrogen and oxygen atoms in total. The summed E-state index contributed by atoms with van der Waals surface area (Å²) in [5, 5.41) is 9.47. The van der Waals surface area contributed by atoms with Gasteiger partial charge in [0.05, 0.1) is 15.5 Å². The zero-order chi connectivity index (χ0) is 23.4. The Hall–Kier alpha value is -3.27. The van der Waals surface area contributed by atoms with E-state index in [1.807, 2.05) is 47.8 Å². The Balaban J connectivity index is 1.62. The molecule has 4 rings (SSSR count). The highest BCUT2D eigenvalue weighted by molar-refractivity contribution is 7.89. The third kappa shape index (κ3) is 4.75. The quantitative estimate of drug-likeness (QED) is 0.389. The zero-order valence-electron chi connectivity index (χ0n) is 18.3. The van der Waals surface area contributed by atoms with E-state index in [2.05, 4.69) is 10.4 Å². The second-order valence-electron chi connectivity index (χ2n) is 7.21. The molecule has 0 atom stereocenters. The lowest BCUT2D eigenvalue weighted by Gasteiger charge is -2.18. The predicted octanol–water partition coefficient (Wildman–Crippen LogP) is 4.88. The Kier molecular flexibility index (Phi) is 6.73. The summed E-state index contributed by atoms with van der Waals surface area (Å²) in [5.41, 5.74) is 2.35. The van der Waals surface area contributed by atoms with Gasteiger partial charge in [-0.05, 0) is 53.9 Å². The highest BCUT2D eigenvalue weighted by Crippen LogP contribution is 2.26. The molecule has 0 spiro atoms. The Morgan fingerprint density at radius 1 is 1.00 bits per heavy atom. The molecule has 0 fully saturated rings. The summed E-state index contributed by atoms with van der Waals surface area (Å²) in [6, 6.07) is 21.3. The van der Waals surface area contributed by atoms with Gasteiger partial charge in [0.15, 0.2) is 0 Å². The summed E-state index contributed by atoms with van der Waals surface area (Å²) in [6.07, 6.45) is 0. The van der Waals surface area contributed by atoms with E-state index in [-0.39, 0.29) is 10.8 Å². The van der Waals surface area contributed by atoms with Gasteiger partial charge in [-0.2, -0.15) is 9.40 Å². The molecule has 0 saturated carbocycles. The van der Waals surface area contributed by atoms with Crippen molar-refractivity contribution in [2.24, 2.45) is 0 Å². The molecule has 0 aliphatic carbocycles. The molecule has 0 aliphatic heterocycles. The fourth-order valence-corrected chi connectivity index (χ4v) is 5.61. The third-order valence-corrected chi connectivity index (χ3v) is 8.13. The zero-order valence-corrected chi connectivity index (χ0v) is 19.9. The van der Waals surface area contributed by atoms with Gasteiger partial charge in [0.25, 0.3) is 5.91 Å². The van der Waals surface area contributed by atoms with Crippen molar-refractivity contribution in [1.82, 2.24) is 14.1 Å². The molecule has 0 unspecified atom stereocenters. The van der Waals surface area contributed by atoms with Gasteiger partial charge in [-0.25, -0.2) is 13.1 Å². The first-order valence-electron chi connectivity index (χ1n) is 10.5. The van der Waals surface area contributed by atoms with E-state index in [4.69, 9.17) is 0 Å². The van der Waals surface area contributed by atoms with Crippen molar-refractivity contribution < 1.29 is 13.2 Å². The van der Waals surface area contributed by atoms with Crippen molar-refractivity contribution in [3.63, 3.8) is 0 Å². The lowest BCUT2D eigenvalue weighted by molar-refractivity contribution is 0.101. The highest BCUT2D eigenvalue weighted by Gasteiger charge is 2.22. The van der Waals surface area contributed by atoms with Gasteiger partial charge < -0.3 is 5.32 Å². The smallest absolute Gasteiger partial charge is 0.274 e. The van der Waals surface area contributed by atoms with Crippen molar-refractivity contribution in [3.8, 4) is 16.3 Å². The van der Waals surface area contributed by atoms with Crippen molar-refractivity contribution in [3.05, 3.63) is 83.9 Å². The fourth-order valence-electron chi connectivity index (χ4n) is 3.47. The summed E-state index contributed by atoms with van der Waals surface area (Å²) in [6.45, 7) is 4.40. The number of carbonyl (C=O) groups is 1. The maximum absolute atomic E-state index is 13.2. The van der Waals surface area contributed by atoms with Gasteiger partial charge in [0.1, 0.15) is 11.4 Å². The number of amides is 1. The minimum absolute atomic E-state index is 0.193. The number of rotatable bonds is 8. The first kappa shape index (κ1) is 22.9. The number of carbonyl (C=O) groups excluding carboxylic acids is 1. The summed E-state index contributed by atoms with van der Waals surface area (Å²) in [5.74, 6) is -0.339. The Bertz CT molecular complexity index is 1330. The van der Waals surface area contributed by atoms with E-state index in [0.29, 0.717) is 30.2 Å². The lowest BCUT2D eigenvalue weighted by Crippen LogP contribution is -2.30. The Labute approximate surface area is 197 Å². The molecule has 1 N–H and O–H groups in total. The maximum Gasteiger partial charge on any atom is 0.274 e. The van der Waals surface area contributed by atoms with Crippen LogP contribution in [0.15, 0.2) is 83.1 Å². The van der Waals surface area contributed by atoms with Crippen LogP contribution in [-0.4, -0.2) is 41.5 Å². The third-order valence-electron chi connectivity index (χ3n) is 5.17. The van der Waals surface area contributed by atoms with Crippen molar-refractivity contribution in [1.29, 1.82) is 0 Å². The number of benzene rings is 2. The van der Waals surface area contributed by atoms with E-state index >= 15 is 0 Å². The van der Waals surface area contributed by atoms with Crippen LogP contribution < -0.4 is 5.32 Å². The molecule has 2 aromatic carbocycles. The molecule has 0 bridgehead atoms. The minimum atomic E-state index is -3.56. The van der Waals surface area contributed by atoms with Crippen LogP contribution in [0.25, 0.3) is 16.3 Å². The van der Waals surface area contributed by atoms with Crippen LogP contribution >= 0.6 is 11.3 Å². The van der Waals surface area contributed by atoms with Crippen LogP contribution in [0.3, 0.4) is 0 Å². The average Bonchev–Trinajstić information content (AvgIpc) is 3.51. The molecule has 0 aliphatic rings. The Morgan fingerprint density at radius 3 is 2.30 bits per heavy atom. The van der Waals surface area contributed by atoms with Crippen molar-refractivity contribution in [2.45, 2.75) is 18.7 Å². The molecule has 4 aromatic rings. The number of aromatic nitrogens is 2. The molecule has 9 heteroatoms. The van der Waals surface area contributed by atoms with Gasteiger partial charge in [-0.15, -0.1) is 11.3 Å². The number of thiophene rings is 1. The van der Waals surface area contributed by atoms with Gasteiger partial charge in [0.2, 0.25) is 10.0 Å². The van der Waals surface area contributed by atoms with Crippen LogP contribution in [0.5, 0.6) is 0 Å². The number of hydrogen-bond donors (Lipinski definition) is 1. The number of para-hydroxylation sites is 1. The summed E-state index contributed by atoms with van der Waals surface area (Å²) in [4.78, 5) is 14.3. The fraction of sp³-hybridized carbons (Fsp3) is 0.167. The molecular weight excluding hydrogens is 456 g/mol. The number of nitrogens with zero attached hydrogens (tertiary/aromatic N) is 3. The SMILES string of the molecule is CCN(CC)S(=O)(=O)c1ccc(NC(=O)c2cc(-c3cccs3)nn2-c2ccccc2)cc1. The topological polar surface area (TPSA) is 84.3 Å². The largest absolute Gasteiger partial charge is 0.321 e. The maximum atomic E-state index is 13.2. The molecule has 2 heterocycles. The van der Waals surface area contributed by atoms with E-state index in [9.17, 15) is 13.2 Å². The summed E-state index contributed by atoms with van der Waals surface area (Å²) in [7, 11) is -3.56. The molecule has 2 aromatic heterocycles. The van der Waals surface area contributed by atoms with E-state index in [1.165, 1.54) is 16.4 Å². The second-order valence-corrected chi connectivity index (χ2v) is 10.1. The molecule has 170 valence electrons. The van der Waals surface area contributed by atoms with Gasteiger partial charge in [-0.1, -0.05) is 38.1 Å². The van der Waals surface area contributed by atoms with E-state index in [1.54, 1.807) is 48.1 Å². The van der Waals surface area contributed by atoms with E-state index < -0.39 is 10.0 Å². The van der Waals surface area contributed by atoms with Gasteiger partial charge in [0, 0.05) is 18.8 Å². The number of anilines is 1. The standard InChI is InChI=1S/C24H24N4O3S2/c1-3-27(4-2)33(30,31)20-14-12-18(13-15-20)25-24(29)22-17-21(23-11-8-16-32-23)26-28(22)19-9-6-5-7-10-19/h5-17H,3-4H2,1-2H3,(H,25,29). The number of sulfonamides is 1. The first-order valence-corrected chi connectivity index (χ1v) is 12.9. The van der Waals surface area contributed by atoms with Crippen LogP contribution in [0, 0.1) is 0 Å². The van der Waals surface area contributed by atoms with Crippen LogP contribution in [0.4, 0.5) is 5.69 Å². The van der Waals surface area contributed by atoms with Crippen molar-refractivity contribution in [2.75, 3.05) is 18.4 Å². The lowest BCUT2D eigenvalue weighted by atomic mass is 10.2. The molecular formula is C24H24N4O3S2. The first-order chi connectivity index (χ1) is 15.9. The normalized spacial score (nSPS) is 11.6. The van der Waals surface area contributed by atoms with Crippen LogP contribution in [-0.2, 0) is 10.0 Å². The van der Waals surface area contributed by atoms with Gasteiger partial charge >= 0.3 is 0 Å². The number of hydrogen-bond acceptors (Lipinski definition) is 5. The minimum Gasteiger partial charge on any atom is -0.321 e. The summed E-state index contributed by atoms with van der Waals surface area (Å²) >= 11 is 1.55. The van der Waals surface area contributed by atoms with Gasteiger partial charge in [-0.3, -0.25) is 4.79 Å². The molecule has 1 amide bonds. The average molecular weight is 481 g/mol. The second kappa shape index (κ2) is 9.70. The van der Waals surface area contributed by atoms with E-state index in [0.717, 1.165) is 10.6 Å². The monoisotopic (exact) mass is 480 g/mol.